The zero-order chi connectivity index (χ0) is 16.2. The molecule has 0 amide bonds. The summed E-state index contributed by atoms with van der Waals surface area (Å²) in [5.41, 5.74) is 2.98. The Hall–Kier alpha value is -2.81. The molecule has 0 bridgehead atoms. The van der Waals surface area contributed by atoms with Gasteiger partial charge in [-0.15, -0.1) is 6.58 Å². The molecule has 3 heteroatoms. The first-order valence-corrected chi connectivity index (χ1v) is 7.57. The van der Waals surface area contributed by atoms with Crippen molar-refractivity contribution in [2.75, 3.05) is 7.11 Å². The van der Waals surface area contributed by atoms with Gasteiger partial charge in [-0.05, 0) is 17.2 Å². The summed E-state index contributed by atoms with van der Waals surface area (Å²) in [4.78, 5) is 12.5. The van der Waals surface area contributed by atoms with Crippen molar-refractivity contribution in [1.82, 2.24) is 4.57 Å². The van der Waals surface area contributed by atoms with Gasteiger partial charge in [0.2, 0.25) is 0 Å². The lowest BCUT2D eigenvalue weighted by Crippen LogP contribution is -2.15. The number of ether oxygens (including phenoxy) is 1. The predicted molar refractivity (Wildman–Crippen MR) is 92.4 cm³/mol. The van der Waals surface area contributed by atoms with E-state index in [1.807, 2.05) is 60.8 Å². The fraction of sp³-hybridized carbons (Fsp3) is 0.150. The quantitative estimate of drug-likeness (QED) is 0.524. The van der Waals surface area contributed by atoms with E-state index in [9.17, 15) is 4.79 Å². The zero-order valence-electron chi connectivity index (χ0n) is 13.1. The topological polar surface area (TPSA) is 31.2 Å². The highest BCUT2D eigenvalue weighted by Gasteiger charge is 2.27. The first-order valence-electron chi connectivity index (χ1n) is 7.57. The van der Waals surface area contributed by atoms with Gasteiger partial charge < -0.3 is 9.30 Å². The summed E-state index contributed by atoms with van der Waals surface area (Å²) in [6, 6.07) is 17.8. The average molecular weight is 305 g/mol. The van der Waals surface area contributed by atoms with Crippen LogP contribution in [0, 0.1) is 0 Å². The maximum Gasteiger partial charge on any atom is 0.317 e. The lowest BCUT2D eigenvalue weighted by Gasteiger charge is -2.14. The van der Waals surface area contributed by atoms with Crippen LogP contribution in [-0.4, -0.2) is 17.6 Å². The highest BCUT2D eigenvalue weighted by atomic mass is 16.5. The lowest BCUT2D eigenvalue weighted by molar-refractivity contribution is -0.141. The summed E-state index contributed by atoms with van der Waals surface area (Å²) in [5, 5.41) is 1.06. The SMILES string of the molecule is C=CCn1cc(C(C(=O)OC)c2ccccc2)c2ccccc21. The number of carbonyl (C=O) groups is 1. The molecule has 0 saturated heterocycles. The molecule has 0 aliphatic carbocycles. The van der Waals surface area contributed by atoms with Crippen LogP contribution in [0.25, 0.3) is 10.9 Å². The van der Waals surface area contributed by atoms with Crippen molar-refractivity contribution in [3.63, 3.8) is 0 Å². The Kier molecular flexibility index (Phi) is 4.29. The van der Waals surface area contributed by atoms with Crippen LogP contribution >= 0.6 is 0 Å². The molecule has 0 spiro atoms. The van der Waals surface area contributed by atoms with Gasteiger partial charge in [-0.2, -0.15) is 0 Å². The van der Waals surface area contributed by atoms with Gasteiger partial charge in [0.15, 0.2) is 0 Å². The molecule has 0 aliphatic heterocycles. The molecule has 3 nitrogen and oxygen atoms in total. The molecule has 3 aromatic rings. The summed E-state index contributed by atoms with van der Waals surface area (Å²) in [6.45, 7) is 4.51. The second-order valence-electron chi connectivity index (χ2n) is 5.41. The number of carbonyl (C=O) groups excluding carboxylic acids is 1. The molecule has 3 rings (SSSR count). The highest BCUT2D eigenvalue weighted by Crippen LogP contribution is 2.33. The molecule has 2 aromatic carbocycles. The van der Waals surface area contributed by atoms with Crippen LogP contribution in [-0.2, 0) is 16.1 Å². The van der Waals surface area contributed by atoms with Crippen LogP contribution in [0.4, 0.5) is 0 Å². The third-order valence-corrected chi connectivity index (χ3v) is 4.03. The lowest BCUT2D eigenvalue weighted by atomic mass is 9.91. The molecule has 1 heterocycles. The molecular weight excluding hydrogens is 286 g/mol. The van der Waals surface area contributed by atoms with Gasteiger partial charge in [-0.25, -0.2) is 0 Å². The number of methoxy groups -OCH3 is 1. The summed E-state index contributed by atoms with van der Waals surface area (Å²) in [5.74, 6) is -0.685. The standard InChI is InChI=1S/C20H19NO2/c1-3-13-21-14-17(16-11-7-8-12-18(16)21)19(20(22)23-2)15-9-5-4-6-10-15/h3-12,14,19H,1,13H2,2H3. The fourth-order valence-electron chi connectivity index (χ4n) is 3.00. The van der Waals surface area contributed by atoms with Gasteiger partial charge in [-0.3, -0.25) is 4.79 Å². The smallest absolute Gasteiger partial charge is 0.317 e. The predicted octanol–water partition coefficient (Wildman–Crippen LogP) is 4.13. The number of rotatable bonds is 5. The Morgan fingerprint density at radius 1 is 1.17 bits per heavy atom. The Morgan fingerprint density at radius 3 is 2.57 bits per heavy atom. The van der Waals surface area contributed by atoms with Crippen molar-refractivity contribution in [2.45, 2.75) is 12.5 Å². The van der Waals surface area contributed by atoms with Gasteiger partial charge >= 0.3 is 5.97 Å². The Bertz CT molecular complexity index is 833. The number of nitrogens with zero attached hydrogens (tertiary/aromatic N) is 1. The van der Waals surface area contributed by atoms with Crippen LogP contribution in [0.2, 0.25) is 0 Å². The number of aromatic nitrogens is 1. The number of hydrogen-bond donors (Lipinski definition) is 0. The van der Waals surface area contributed by atoms with Crippen LogP contribution in [0.15, 0.2) is 73.4 Å². The second-order valence-corrected chi connectivity index (χ2v) is 5.41. The zero-order valence-corrected chi connectivity index (χ0v) is 13.1. The third-order valence-electron chi connectivity index (χ3n) is 4.03. The van der Waals surface area contributed by atoms with Crippen LogP contribution in [0.3, 0.4) is 0 Å². The summed E-state index contributed by atoms with van der Waals surface area (Å²) < 4.78 is 7.18. The van der Waals surface area contributed by atoms with Crippen molar-refractivity contribution >= 4 is 16.9 Å². The van der Waals surface area contributed by atoms with Crippen LogP contribution in [0.5, 0.6) is 0 Å². The Morgan fingerprint density at radius 2 is 1.87 bits per heavy atom. The molecule has 0 radical (unpaired) electrons. The Labute approximate surface area is 135 Å². The number of hydrogen-bond acceptors (Lipinski definition) is 2. The molecule has 1 unspecified atom stereocenters. The van der Waals surface area contributed by atoms with Crippen molar-refractivity contribution in [3.8, 4) is 0 Å². The molecule has 0 N–H and O–H groups in total. The largest absolute Gasteiger partial charge is 0.468 e. The van der Waals surface area contributed by atoms with Gasteiger partial charge in [0.25, 0.3) is 0 Å². The van der Waals surface area contributed by atoms with Gasteiger partial charge in [-0.1, -0.05) is 54.6 Å². The van der Waals surface area contributed by atoms with Crippen LogP contribution < -0.4 is 0 Å². The van der Waals surface area contributed by atoms with Crippen molar-refractivity contribution < 1.29 is 9.53 Å². The van der Waals surface area contributed by atoms with E-state index in [1.165, 1.54) is 7.11 Å². The van der Waals surface area contributed by atoms with Gasteiger partial charge in [0.1, 0.15) is 5.92 Å². The molecule has 0 fully saturated rings. The van der Waals surface area contributed by atoms with Crippen LogP contribution in [0.1, 0.15) is 17.0 Å². The number of benzene rings is 2. The summed E-state index contributed by atoms with van der Waals surface area (Å²) in [6.07, 6.45) is 3.88. The Balaban J connectivity index is 2.22. The fourth-order valence-corrected chi connectivity index (χ4v) is 3.00. The molecule has 116 valence electrons. The van der Waals surface area contributed by atoms with Gasteiger partial charge in [0.05, 0.1) is 7.11 Å². The maximum atomic E-state index is 12.5. The molecule has 0 aliphatic rings. The minimum Gasteiger partial charge on any atom is -0.468 e. The summed E-state index contributed by atoms with van der Waals surface area (Å²) in [7, 11) is 1.43. The van der Waals surface area contributed by atoms with E-state index in [2.05, 4.69) is 17.2 Å². The third kappa shape index (κ3) is 2.78. The molecular formula is C20H19NO2. The van der Waals surface area contributed by atoms with E-state index in [0.717, 1.165) is 22.0 Å². The molecule has 1 aromatic heterocycles. The minimum absolute atomic E-state index is 0.252. The number of fused-ring (bicyclic) bond motifs is 1. The minimum atomic E-state index is -0.433. The number of allylic oxidation sites excluding steroid dienone is 1. The van der Waals surface area contributed by atoms with Crippen molar-refractivity contribution in [3.05, 3.63) is 84.6 Å². The van der Waals surface area contributed by atoms with E-state index in [4.69, 9.17) is 4.74 Å². The highest BCUT2D eigenvalue weighted by molar-refractivity contribution is 5.92. The average Bonchev–Trinajstić information content (AvgIpc) is 2.95. The molecule has 0 saturated carbocycles. The van der Waals surface area contributed by atoms with E-state index in [-0.39, 0.29) is 5.97 Å². The van der Waals surface area contributed by atoms with E-state index >= 15 is 0 Å². The monoisotopic (exact) mass is 305 g/mol. The van der Waals surface area contributed by atoms with Crippen molar-refractivity contribution in [1.29, 1.82) is 0 Å². The number of para-hydroxylation sites is 1. The van der Waals surface area contributed by atoms with Gasteiger partial charge in [0, 0.05) is 23.6 Å². The number of esters is 1. The first-order chi connectivity index (χ1) is 11.3. The van der Waals surface area contributed by atoms with Crippen molar-refractivity contribution in [2.24, 2.45) is 0 Å². The first kappa shape index (κ1) is 15.1. The van der Waals surface area contributed by atoms with E-state index in [1.54, 1.807) is 0 Å². The normalized spacial score (nSPS) is 12.0. The second kappa shape index (κ2) is 6.53. The molecule has 23 heavy (non-hydrogen) atoms. The molecule has 1 atom stereocenters. The van der Waals surface area contributed by atoms with E-state index < -0.39 is 5.92 Å². The maximum absolute atomic E-state index is 12.5. The van der Waals surface area contributed by atoms with E-state index in [0.29, 0.717) is 6.54 Å². The summed E-state index contributed by atoms with van der Waals surface area (Å²) >= 11 is 0.